The highest BCUT2D eigenvalue weighted by Crippen LogP contribution is 2.56. The zero-order chi connectivity index (χ0) is 26.7. The summed E-state index contributed by atoms with van der Waals surface area (Å²) in [5.74, 6) is 1.76. The standard InChI is InChI=1S/C35H20BN3OS/c1-3-14-29-25(12-1)38-27-19-21(24-11-5-6-18-37-24)20-28-33(27)36(22-9-7-15-30(40-29)34(22)38)23-10-8-17-32-35(23)39(28)26-13-2-4-16-31(26)41-32/h1-20H. The van der Waals surface area contributed by atoms with Crippen LogP contribution in [0.5, 0.6) is 11.5 Å². The van der Waals surface area contributed by atoms with E-state index in [-0.39, 0.29) is 6.71 Å². The Morgan fingerprint density at radius 1 is 0.585 bits per heavy atom. The third-order valence-electron chi connectivity index (χ3n) is 8.65. The smallest absolute Gasteiger partial charge is 0.252 e. The number of fused-ring (bicyclic) bond motifs is 8. The van der Waals surface area contributed by atoms with Crippen molar-refractivity contribution in [3.8, 4) is 22.8 Å². The van der Waals surface area contributed by atoms with Gasteiger partial charge in [-0.2, -0.15) is 0 Å². The number of nitrogens with zero attached hydrogens (tertiary/aromatic N) is 3. The molecule has 6 heteroatoms. The van der Waals surface area contributed by atoms with E-state index in [1.807, 2.05) is 30.1 Å². The first kappa shape index (κ1) is 21.8. The van der Waals surface area contributed by atoms with Gasteiger partial charge in [-0.25, -0.2) is 0 Å². The summed E-state index contributed by atoms with van der Waals surface area (Å²) in [6.07, 6.45) is 1.88. The van der Waals surface area contributed by atoms with Gasteiger partial charge < -0.3 is 14.5 Å². The van der Waals surface area contributed by atoms with Gasteiger partial charge >= 0.3 is 0 Å². The number of ether oxygens (including phenoxy) is 1. The van der Waals surface area contributed by atoms with E-state index >= 15 is 0 Å². The van der Waals surface area contributed by atoms with E-state index in [0.717, 1.165) is 34.1 Å². The van der Waals surface area contributed by atoms with Gasteiger partial charge in [-0.05, 0) is 77.1 Å². The maximum atomic E-state index is 6.54. The van der Waals surface area contributed by atoms with Crippen LogP contribution in [0.3, 0.4) is 0 Å². The molecular formula is C35H20BN3OS. The molecule has 0 bridgehead atoms. The SMILES string of the molecule is c1ccc(-c2cc3c4c(c2)N2c5ccccc5Sc5cccc(c52)B4c2cccc4c2N3c2ccccc2O4)nc1. The minimum Gasteiger partial charge on any atom is -0.453 e. The topological polar surface area (TPSA) is 28.6 Å². The van der Waals surface area contributed by atoms with Gasteiger partial charge in [0.15, 0.2) is 11.5 Å². The molecule has 0 spiro atoms. The fourth-order valence-electron chi connectivity index (χ4n) is 7.07. The summed E-state index contributed by atoms with van der Waals surface area (Å²) in [7, 11) is 0. The summed E-state index contributed by atoms with van der Waals surface area (Å²) >= 11 is 1.86. The zero-order valence-electron chi connectivity index (χ0n) is 21.8. The molecule has 0 atom stereocenters. The first-order valence-corrected chi connectivity index (χ1v) is 14.7. The molecule has 10 rings (SSSR count). The predicted molar refractivity (Wildman–Crippen MR) is 168 cm³/mol. The van der Waals surface area contributed by atoms with Crippen LogP contribution in [0.4, 0.5) is 34.1 Å². The molecule has 4 aliphatic heterocycles. The van der Waals surface area contributed by atoms with Gasteiger partial charge in [0.05, 0.1) is 28.4 Å². The second kappa shape index (κ2) is 7.84. The molecule has 0 saturated heterocycles. The van der Waals surface area contributed by atoms with Crippen molar-refractivity contribution in [2.75, 3.05) is 9.80 Å². The Hall–Kier alpha value is -4.94. The molecule has 0 radical (unpaired) electrons. The first-order valence-electron chi connectivity index (χ1n) is 13.8. The molecule has 41 heavy (non-hydrogen) atoms. The fourth-order valence-corrected chi connectivity index (χ4v) is 8.17. The molecule has 0 aliphatic carbocycles. The number of para-hydroxylation sites is 5. The maximum Gasteiger partial charge on any atom is 0.252 e. The van der Waals surface area contributed by atoms with Crippen LogP contribution >= 0.6 is 11.8 Å². The average Bonchev–Trinajstić information content (AvgIpc) is 3.03. The van der Waals surface area contributed by atoms with Gasteiger partial charge in [-0.1, -0.05) is 66.4 Å². The molecule has 5 aromatic carbocycles. The molecule has 4 nitrogen and oxygen atoms in total. The second-order valence-electron chi connectivity index (χ2n) is 10.8. The summed E-state index contributed by atoms with van der Waals surface area (Å²) in [5.41, 5.74) is 13.0. The van der Waals surface area contributed by atoms with Crippen molar-refractivity contribution in [3.05, 3.63) is 121 Å². The van der Waals surface area contributed by atoms with E-state index in [9.17, 15) is 0 Å². The maximum absolute atomic E-state index is 6.54. The van der Waals surface area contributed by atoms with Gasteiger partial charge in [0.1, 0.15) is 0 Å². The fraction of sp³-hybridized carbons (Fsp3) is 0. The lowest BCUT2D eigenvalue weighted by atomic mass is 9.33. The van der Waals surface area contributed by atoms with Crippen molar-refractivity contribution in [2.45, 2.75) is 9.79 Å². The quantitative estimate of drug-likeness (QED) is 0.202. The molecule has 190 valence electrons. The van der Waals surface area contributed by atoms with Crippen LogP contribution in [0.15, 0.2) is 131 Å². The largest absolute Gasteiger partial charge is 0.453 e. The van der Waals surface area contributed by atoms with Gasteiger partial charge in [-0.3, -0.25) is 4.98 Å². The highest BCUT2D eigenvalue weighted by molar-refractivity contribution is 7.99. The molecule has 6 aromatic rings. The summed E-state index contributed by atoms with van der Waals surface area (Å²) in [4.78, 5) is 12.3. The molecule has 4 aliphatic rings. The molecule has 0 saturated carbocycles. The third kappa shape index (κ3) is 2.80. The zero-order valence-corrected chi connectivity index (χ0v) is 22.6. The Morgan fingerprint density at radius 3 is 2.12 bits per heavy atom. The summed E-state index contributed by atoms with van der Waals surface area (Å²) in [6.45, 7) is 0.0786. The van der Waals surface area contributed by atoms with Gasteiger partial charge in [0, 0.05) is 32.9 Å². The van der Waals surface area contributed by atoms with Crippen LogP contribution in [0.1, 0.15) is 0 Å². The molecule has 0 amide bonds. The number of aromatic nitrogens is 1. The molecule has 0 fully saturated rings. The van der Waals surface area contributed by atoms with Crippen molar-refractivity contribution in [2.24, 2.45) is 0 Å². The lowest BCUT2D eigenvalue weighted by Gasteiger charge is -2.47. The Labute approximate surface area is 241 Å². The first-order chi connectivity index (χ1) is 20.3. The van der Waals surface area contributed by atoms with Gasteiger partial charge in [0.2, 0.25) is 0 Å². The lowest BCUT2D eigenvalue weighted by Crippen LogP contribution is -2.62. The number of hydrogen-bond donors (Lipinski definition) is 0. The minimum atomic E-state index is 0.0786. The summed E-state index contributed by atoms with van der Waals surface area (Å²) in [6, 6.07) is 41.3. The number of anilines is 6. The average molecular weight is 541 g/mol. The highest BCUT2D eigenvalue weighted by Gasteiger charge is 2.47. The highest BCUT2D eigenvalue weighted by atomic mass is 32.2. The molecule has 1 aromatic heterocycles. The van der Waals surface area contributed by atoms with Crippen LogP contribution < -0.4 is 30.9 Å². The van der Waals surface area contributed by atoms with Crippen molar-refractivity contribution in [3.63, 3.8) is 0 Å². The minimum absolute atomic E-state index is 0.0786. The number of rotatable bonds is 1. The monoisotopic (exact) mass is 541 g/mol. The van der Waals surface area contributed by atoms with Crippen LogP contribution in [0, 0.1) is 0 Å². The Morgan fingerprint density at radius 2 is 1.27 bits per heavy atom. The van der Waals surface area contributed by atoms with Gasteiger partial charge in [0.25, 0.3) is 6.71 Å². The normalized spacial score (nSPS) is 14.3. The van der Waals surface area contributed by atoms with Crippen molar-refractivity contribution < 1.29 is 4.74 Å². The summed E-state index contributed by atoms with van der Waals surface area (Å²) in [5, 5.41) is 0. The van der Waals surface area contributed by atoms with E-state index in [4.69, 9.17) is 9.72 Å². The lowest BCUT2D eigenvalue weighted by molar-refractivity contribution is 0.477. The van der Waals surface area contributed by atoms with E-state index < -0.39 is 0 Å². The predicted octanol–water partition coefficient (Wildman–Crippen LogP) is 7.40. The molecule has 0 N–H and O–H groups in total. The van der Waals surface area contributed by atoms with Crippen LogP contribution in [0.25, 0.3) is 11.3 Å². The van der Waals surface area contributed by atoms with E-state index in [0.29, 0.717) is 0 Å². The van der Waals surface area contributed by atoms with Crippen molar-refractivity contribution in [1.29, 1.82) is 0 Å². The number of benzene rings is 5. The van der Waals surface area contributed by atoms with Crippen LogP contribution in [-0.4, -0.2) is 11.7 Å². The van der Waals surface area contributed by atoms with E-state index in [1.165, 1.54) is 48.9 Å². The number of pyridine rings is 1. The van der Waals surface area contributed by atoms with Crippen molar-refractivity contribution >= 4 is 69.0 Å². The number of hydrogen-bond acceptors (Lipinski definition) is 5. The third-order valence-corrected chi connectivity index (χ3v) is 9.76. The van der Waals surface area contributed by atoms with Crippen LogP contribution in [-0.2, 0) is 0 Å². The van der Waals surface area contributed by atoms with Crippen molar-refractivity contribution in [1.82, 2.24) is 4.98 Å². The second-order valence-corrected chi connectivity index (χ2v) is 11.9. The van der Waals surface area contributed by atoms with Crippen LogP contribution in [0.2, 0.25) is 0 Å². The molecule has 5 heterocycles. The van der Waals surface area contributed by atoms with Gasteiger partial charge in [-0.15, -0.1) is 0 Å². The van der Waals surface area contributed by atoms with E-state index in [1.54, 1.807) is 0 Å². The Kier molecular flexibility index (Phi) is 4.17. The summed E-state index contributed by atoms with van der Waals surface area (Å²) < 4.78 is 6.54. The Balaban J connectivity index is 1.38. The molecule has 0 unspecified atom stereocenters. The van der Waals surface area contributed by atoms with E-state index in [2.05, 4.69) is 113 Å². The Bertz CT molecular complexity index is 1970. The molecular weight excluding hydrogens is 521 g/mol.